The van der Waals surface area contributed by atoms with E-state index in [1.165, 1.54) is 0 Å². The van der Waals surface area contributed by atoms with Crippen molar-refractivity contribution in [2.75, 3.05) is 0 Å². The second kappa shape index (κ2) is 30.8. The van der Waals surface area contributed by atoms with E-state index in [1.807, 2.05) is 312 Å². The van der Waals surface area contributed by atoms with Crippen LogP contribution < -0.4 is 54.3 Å². The number of aromatic nitrogens is 5. The van der Waals surface area contributed by atoms with E-state index < -0.39 is 0 Å². The number of hydrogen-bond donors (Lipinski definition) is 0. The average Bonchev–Trinajstić information content (AvgIpc) is 1.24. The third kappa shape index (κ3) is 11.3. The highest BCUT2D eigenvalue weighted by Crippen LogP contribution is 2.44. The normalized spacial score (nSPS) is 12.3. The Morgan fingerprint density at radius 3 is 0.820 bits per heavy atom. The van der Waals surface area contributed by atoms with Crippen molar-refractivity contribution in [2.45, 2.75) is 0 Å². The zero-order valence-corrected chi connectivity index (χ0v) is 78.4. The van der Waals surface area contributed by atoms with Crippen molar-refractivity contribution < 1.29 is 22.1 Å². The van der Waals surface area contributed by atoms with Gasteiger partial charge in [-0.2, -0.15) is 0 Å². The predicted octanol–water partition coefficient (Wildman–Crippen LogP) is 27.3. The molecule has 0 N–H and O–H groups in total. The highest BCUT2D eigenvalue weighted by Gasteiger charge is 2.29. The first-order valence-electron chi connectivity index (χ1n) is 49.0. The summed E-state index contributed by atoms with van der Waals surface area (Å²) in [4.78, 5) is 134. The molecule has 20 aromatic carbocycles. The molecule has 35 aromatic rings. The van der Waals surface area contributed by atoms with E-state index in [9.17, 15) is 47.9 Å². The van der Waals surface area contributed by atoms with Crippen molar-refractivity contribution in [1.82, 2.24) is 22.0 Å². The monoisotopic (exact) mass is 1940 g/mol. The topological polar surface area (TPSA) is 258 Å². The molecule has 20 nitrogen and oxygen atoms in total. The van der Waals surface area contributed by atoms with E-state index in [-0.39, 0.29) is 54.3 Å². The van der Waals surface area contributed by atoms with Crippen molar-refractivity contribution in [3.8, 4) is 0 Å². The lowest BCUT2D eigenvalue weighted by molar-refractivity contribution is 0.669. The van der Waals surface area contributed by atoms with E-state index in [0.717, 1.165) is 137 Å². The molecule has 0 bridgehead atoms. The Labute approximate surface area is 835 Å². The molecule has 15 aromatic heterocycles. The lowest BCUT2D eigenvalue weighted by Gasteiger charge is -2.14. The van der Waals surface area contributed by atoms with E-state index in [1.54, 1.807) is 91.0 Å². The maximum absolute atomic E-state index is 13.7. The summed E-state index contributed by atoms with van der Waals surface area (Å²) in [7, 11) is 0. The molecule has 0 amide bonds. The molecule has 700 valence electrons. The second-order valence-electron chi connectivity index (χ2n) is 38.3. The fraction of sp³-hybridized carbons (Fsp3) is 0. The fourth-order valence-electron chi connectivity index (χ4n) is 24.2. The molecule has 0 atom stereocenters. The summed E-state index contributed by atoms with van der Waals surface area (Å²) in [5, 5.41) is 20.9. The maximum atomic E-state index is 13.7. The first kappa shape index (κ1) is 83.7. The molecule has 0 aliphatic heterocycles. The second-order valence-corrected chi connectivity index (χ2v) is 38.3. The van der Waals surface area contributed by atoms with Crippen LogP contribution in [0.4, 0.5) is 0 Å². The van der Waals surface area contributed by atoms with Gasteiger partial charge in [-0.25, -0.2) is 0 Å². The van der Waals surface area contributed by atoms with Crippen LogP contribution in [0.1, 0.15) is 0 Å². The quantitative estimate of drug-likeness (QED) is 0.101. The molecule has 0 aliphatic rings. The van der Waals surface area contributed by atoms with Crippen LogP contribution in [0.15, 0.2) is 464 Å². The van der Waals surface area contributed by atoms with Gasteiger partial charge in [0.2, 0.25) is 5.43 Å². The number of benzene rings is 20. The summed E-state index contributed by atoms with van der Waals surface area (Å²) in [5.41, 5.74) is 17.5. The molecule has 35 rings (SSSR count). The molecule has 20 heteroatoms. The summed E-state index contributed by atoms with van der Waals surface area (Å²) in [6, 6.07) is 123. The number of rotatable bonds is 0. The van der Waals surface area contributed by atoms with Crippen LogP contribution in [-0.2, 0) is 0 Å². The minimum absolute atomic E-state index is 0.0511. The molecule has 0 radical (unpaired) electrons. The minimum atomic E-state index is -0.116. The molecule has 0 aliphatic carbocycles. The van der Waals surface area contributed by atoms with Gasteiger partial charge in [-0.15, -0.1) is 0 Å². The minimum Gasteiger partial charge on any atom is -0.456 e. The van der Waals surface area contributed by atoms with Crippen LogP contribution in [-0.4, -0.2) is 22.0 Å². The first-order valence-corrected chi connectivity index (χ1v) is 49.0. The molecule has 150 heavy (non-hydrogen) atoms. The molecule has 15 heterocycles. The zero-order valence-electron chi connectivity index (χ0n) is 78.4. The lowest BCUT2D eigenvalue weighted by atomic mass is 10.0. The SMILES string of the molecule is O=c1c2ccccc2n2c3c1cccc3c(=O)c1ccc3c4ccccc4oc3c12.O=c1c2ccccc2n2c3c1cccc3c(=O)c1ccc3oc4ccccc4c3c12.O=c1c2ccccc2n2c3cc4c(cc3c(=O)c3cccc1c32)oc1ccccc14.O=c1c2ccccc2n2c3ccc4c5ccccc5oc4c3c(=O)c3cccc1c32.O=c1c2ccccc2n2c3ccc4oc5ccccc5c4c3c(=O)c3cccc1c32. The molecule has 0 saturated carbocycles. The van der Waals surface area contributed by atoms with Gasteiger partial charge in [-0.05, 0) is 212 Å². The highest BCUT2D eigenvalue weighted by atomic mass is 16.3. The Balaban J connectivity index is 0.0000000844. The van der Waals surface area contributed by atoms with Gasteiger partial charge in [-0.1, -0.05) is 182 Å². The van der Waals surface area contributed by atoms with Crippen LogP contribution in [0.25, 0.3) is 300 Å². The Hall–Kier alpha value is -20.9. The molecule has 0 saturated heterocycles. The van der Waals surface area contributed by atoms with Crippen molar-refractivity contribution in [3.05, 3.63) is 497 Å². The van der Waals surface area contributed by atoms with Gasteiger partial charge in [0.1, 0.15) is 55.8 Å². The van der Waals surface area contributed by atoms with E-state index in [2.05, 4.69) is 13.2 Å². The summed E-state index contributed by atoms with van der Waals surface area (Å²) < 4.78 is 40.8. The van der Waals surface area contributed by atoms with Crippen LogP contribution in [0.3, 0.4) is 0 Å². The standard InChI is InChI=1S/5C26H13NO3/c28-25-15-7-1-3-10-20(15)27-21-12-18-14-6-2-4-11-22(14)30-23(18)13-19(21)26(29)17-9-5-8-16(25)24(17)27;28-24-16-7-1-3-10-20(16)27-22-17(24)8-5-9-18(22)25(29)19-13-12-15-14-6-2-4-11-21(14)30-26(15)23(19)27;28-24-16-7-1-3-10-19(16)27-20-13-12-15-14-6-2-4-11-21(14)30-26(15)22(20)25(29)18-9-5-8-17(24)23(18)27;28-25-14-6-1-3-10-19(14)27-23-16(25)8-5-9-17(23)26(29)18-12-13-21-22(24(18)27)15-7-2-4-11-20(15)30-21;28-25-14-6-1-3-10-18(14)27-19-12-13-21-22(15-7-2-4-11-20(15)30-21)23(19)26(29)17-9-5-8-16(25)24(17)27/h5*1-13H. The third-order valence-corrected chi connectivity index (χ3v) is 30.6. The van der Waals surface area contributed by atoms with Crippen LogP contribution >= 0.6 is 0 Å². The van der Waals surface area contributed by atoms with Crippen LogP contribution in [0, 0.1) is 0 Å². The summed E-state index contributed by atoms with van der Waals surface area (Å²) in [6.45, 7) is 0. The Morgan fingerprint density at radius 2 is 0.373 bits per heavy atom. The summed E-state index contributed by atoms with van der Waals surface area (Å²) in [5.74, 6) is 0. The number of nitrogens with zero attached hydrogens (tertiary/aromatic N) is 5. The van der Waals surface area contributed by atoms with Crippen LogP contribution in [0.2, 0.25) is 0 Å². The Morgan fingerprint density at radius 1 is 0.120 bits per heavy atom. The van der Waals surface area contributed by atoms with Gasteiger partial charge < -0.3 is 44.1 Å². The average molecular weight is 1940 g/mol. The van der Waals surface area contributed by atoms with Gasteiger partial charge in [-0.3, -0.25) is 47.9 Å². The van der Waals surface area contributed by atoms with E-state index in [0.29, 0.717) is 163 Å². The van der Waals surface area contributed by atoms with Crippen molar-refractivity contribution in [1.29, 1.82) is 0 Å². The first-order chi connectivity index (χ1) is 73.7. The largest absolute Gasteiger partial charge is 0.456 e. The van der Waals surface area contributed by atoms with Crippen LogP contribution in [0.5, 0.6) is 0 Å². The third-order valence-electron chi connectivity index (χ3n) is 30.6. The smallest absolute Gasteiger partial charge is 0.201 e. The molecule has 0 fully saturated rings. The van der Waals surface area contributed by atoms with Crippen molar-refractivity contribution in [2.24, 2.45) is 0 Å². The van der Waals surface area contributed by atoms with Gasteiger partial charge in [0, 0.05) is 135 Å². The summed E-state index contributed by atoms with van der Waals surface area (Å²) >= 11 is 0. The van der Waals surface area contributed by atoms with Gasteiger partial charge in [0.15, 0.2) is 54.4 Å². The number of para-hydroxylation sites is 15. The van der Waals surface area contributed by atoms with Gasteiger partial charge >= 0.3 is 0 Å². The molecular formula is C130H65N5O15. The lowest BCUT2D eigenvalue weighted by Crippen LogP contribution is -2.14. The summed E-state index contributed by atoms with van der Waals surface area (Å²) in [6.07, 6.45) is 0. The van der Waals surface area contributed by atoms with Crippen molar-refractivity contribution >= 4 is 300 Å². The van der Waals surface area contributed by atoms with Crippen molar-refractivity contribution in [3.63, 3.8) is 0 Å². The predicted molar refractivity (Wildman–Crippen MR) is 605 cm³/mol. The number of pyridine rings is 10. The number of furan rings is 5. The molecule has 0 unspecified atom stereocenters. The number of fused-ring (bicyclic) bond motifs is 39. The number of hydrogen-bond acceptors (Lipinski definition) is 15. The Kier molecular flexibility index (Phi) is 17.2. The maximum Gasteiger partial charge on any atom is 0.201 e. The zero-order chi connectivity index (χ0) is 99.9. The molecule has 0 spiro atoms. The van der Waals surface area contributed by atoms with E-state index in [4.69, 9.17) is 22.1 Å². The molecular weight excluding hydrogens is 1870 g/mol. The highest BCUT2D eigenvalue weighted by molar-refractivity contribution is 6.26. The van der Waals surface area contributed by atoms with Gasteiger partial charge in [0.25, 0.3) is 0 Å². The van der Waals surface area contributed by atoms with E-state index >= 15 is 0 Å². The Bertz CT molecular complexity index is 12900. The fourth-order valence-corrected chi connectivity index (χ4v) is 24.2. The van der Waals surface area contributed by atoms with Gasteiger partial charge in [0.05, 0.1) is 104 Å².